The van der Waals surface area contributed by atoms with Gasteiger partial charge in [-0.15, -0.1) is 0 Å². The van der Waals surface area contributed by atoms with Crippen LogP contribution in [0.3, 0.4) is 0 Å². The molecule has 0 spiro atoms. The summed E-state index contributed by atoms with van der Waals surface area (Å²) < 4.78 is 0. The maximum absolute atomic E-state index is 13.6. The lowest BCUT2D eigenvalue weighted by atomic mass is 10.0. The molecule has 3 amide bonds. The summed E-state index contributed by atoms with van der Waals surface area (Å²) >= 11 is 0. The fourth-order valence-corrected chi connectivity index (χ4v) is 5.59. The van der Waals surface area contributed by atoms with Crippen molar-refractivity contribution in [3.8, 4) is 0 Å². The quantitative estimate of drug-likeness (QED) is 0.571. The van der Waals surface area contributed by atoms with Crippen molar-refractivity contribution >= 4 is 17.6 Å². The number of amides is 3. The minimum Gasteiger partial charge on any atom is -0.343 e. The number of likely N-dealkylation sites (N-methyl/N-ethyl adjacent to an activating group) is 1. The lowest BCUT2D eigenvalue weighted by Crippen LogP contribution is -2.66. The molecular weight excluding hydrogens is 414 g/mol. The first-order valence-electron chi connectivity index (χ1n) is 12.9. The smallest absolute Gasteiger partial charge is 0.327 e. The number of nitrogens with one attached hydrogen (secondary N) is 1. The molecule has 3 heterocycles. The Morgan fingerprint density at radius 2 is 1.64 bits per heavy atom. The molecule has 0 saturated carbocycles. The van der Waals surface area contributed by atoms with E-state index >= 15 is 0 Å². The van der Waals surface area contributed by atoms with E-state index in [1.165, 1.54) is 42.6 Å². The van der Waals surface area contributed by atoms with Crippen molar-refractivity contribution in [2.75, 3.05) is 31.6 Å². The Bertz CT molecular complexity index is 828. The number of fused-ring (bicyclic) bond motifs is 3. The van der Waals surface area contributed by atoms with E-state index in [2.05, 4.69) is 60.2 Å². The standard InChI is InChI=1S/C26H41N5O2/c1-5-6-7-8-9-10-11-16-29-24(32)22-23(28(4)26(29)33)27-25-30(17-20(3)18-31(22)25)21-14-12-19(2)13-15-21/h12-15,20,22-23,25,27H,5-11,16-18H2,1-4H3. The Hall–Kier alpha value is -2.12. The summed E-state index contributed by atoms with van der Waals surface area (Å²) in [5.74, 6) is 0.387. The number of unbranched alkanes of at least 4 members (excludes halogenated alkanes) is 6. The van der Waals surface area contributed by atoms with Gasteiger partial charge in [-0.05, 0) is 31.4 Å². The van der Waals surface area contributed by atoms with Crippen LogP contribution in [0.15, 0.2) is 24.3 Å². The van der Waals surface area contributed by atoms with Crippen LogP contribution < -0.4 is 10.2 Å². The highest BCUT2D eigenvalue weighted by Gasteiger charge is 2.56. The fraction of sp³-hybridized carbons (Fsp3) is 0.692. The van der Waals surface area contributed by atoms with Gasteiger partial charge in [0.15, 0.2) is 0 Å². The molecule has 182 valence electrons. The minimum atomic E-state index is -0.335. The third kappa shape index (κ3) is 4.90. The number of hydrogen-bond donors (Lipinski definition) is 1. The second-order valence-electron chi connectivity index (χ2n) is 10.2. The summed E-state index contributed by atoms with van der Waals surface area (Å²) in [6.07, 6.45) is 7.82. The number of nitrogens with zero attached hydrogens (tertiary/aromatic N) is 4. The van der Waals surface area contributed by atoms with Crippen LogP contribution in [-0.2, 0) is 4.79 Å². The van der Waals surface area contributed by atoms with Crippen LogP contribution in [0, 0.1) is 12.8 Å². The Morgan fingerprint density at radius 3 is 2.33 bits per heavy atom. The van der Waals surface area contributed by atoms with Crippen molar-refractivity contribution in [1.29, 1.82) is 0 Å². The molecule has 3 aliphatic heterocycles. The Morgan fingerprint density at radius 1 is 0.970 bits per heavy atom. The van der Waals surface area contributed by atoms with Crippen LogP contribution in [0.1, 0.15) is 64.4 Å². The number of urea groups is 1. The Labute approximate surface area is 199 Å². The molecule has 1 N–H and O–H groups in total. The topological polar surface area (TPSA) is 59.1 Å². The number of benzene rings is 1. The van der Waals surface area contributed by atoms with E-state index in [9.17, 15) is 9.59 Å². The van der Waals surface area contributed by atoms with Crippen LogP contribution in [0.4, 0.5) is 10.5 Å². The van der Waals surface area contributed by atoms with Gasteiger partial charge in [0.25, 0.3) is 5.91 Å². The van der Waals surface area contributed by atoms with E-state index in [1.54, 1.807) is 4.90 Å². The predicted octanol–water partition coefficient (Wildman–Crippen LogP) is 3.98. The zero-order chi connectivity index (χ0) is 23.5. The second kappa shape index (κ2) is 10.4. The molecule has 1 aromatic carbocycles. The van der Waals surface area contributed by atoms with E-state index < -0.39 is 0 Å². The van der Waals surface area contributed by atoms with E-state index in [1.807, 2.05) is 7.05 Å². The van der Waals surface area contributed by atoms with Crippen molar-refractivity contribution in [3.05, 3.63) is 29.8 Å². The van der Waals surface area contributed by atoms with Gasteiger partial charge in [0, 0.05) is 32.4 Å². The van der Waals surface area contributed by atoms with E-state index in [-0.39, 0.29) is 30.4 Å². The molecule has 7 nitrogen and oxygen atoms in total. The molecule has 1 aromatic rings. The SMILES string of the molecule is CCCCCCCCCN1C(=O)C2C(NC3N(c4ccc(C)cc4)CC(C)CN23)N(C)C1=O. The largest absolute Gasteiger partial charge is 0.343 e. The van der Waals surface area contributed by atoms with Crippen LogP contribution in [-0.4, -0.2) is 71.8 Å². The van der Waals surface area contributed by atoms with E-state index in [0.29, 0.717) is 12.5 Å². The van der Waals surface area contributed by atoms with Crippen LogP contribution in [0.5, 0.6) is 0 Å². The number of rotatable bonds is 9. The fourth-order valence-electron chi connectivity index (χ4n) is 5.59. The van der Waals surface area contributed by atoms with Gasteiger partial charge in [0.1, 0.15) is 18.5 Å². The highest BCUT2D eigenvalue weighted by Crippen LogP contribution is 2.34. The second-order valence-corrected chi connectivity index (χ2v) is 10.2. The molecule has 0 radical (unpaired) electrons. The minimum absolute atomic E-state index is 0.0398. The van der Waals surface area contributed by atoms with Crippen molar-refractivity contribution in [2.24, 2.45) is 5.92 Å². The number of aryl methyl sites for hydroxylation is 1. The van der Waals surface area contributed by atoms with Gasteiger partial charge >= 0.3 is 6.03 Å². The zero-order valence-electron chi connectivity index (χ0n) is 20.8. The highest BCUT2D eigenvalue weighted by atomic mass is 16.2. The van der Waals surface area contributed by atoms with Crippen LogP contribution >= 0.6 is 0 Å². The first kappa shape index (κ1) is 24.0. The molecule has 7 heteroatoms. The molecule has 3 aliphatic rings. The van der Waals surface area contributed by atoms with Gasteiger partial charge in [-0.3, -0.25) is 19.9 Å². The maximum atomic E-state index is 13.6. The third-order valence-corrected chi connectivity index (χ3v) is 7.44. The van der Waals surface area contributed by atoms with Crippen molar-refractivity contribution in [1.82, 2.24) is 20.0 Å². The number of imide groups is 1. The van der Waals surface area contributed by atoms with Crippen molar-refractivity contribution < 1.29 is 9.59 Å². The Balaban J connectivity index is 1.45. The summed E-state index contributed by atoms with van der Waals surface area (Å²) in [5.41, 5.74) is 2.38. The van der Waals surface area contributed by atoms with Gasteiger partial charge in [-0.1, -0.05) is 70.1 Å². The summed E-state index contributed by atoms with van der Waals surface area (Å²) in [5, 5.41) is 3.62. The average Bonchev–Trinajstić information content (AvgIpc) is 3.18. The Kier molecular flexibility index (Phi) is 7.59. The summed E-state index contributed by atoms with van der Waals surface area (Å²) in [6.45, 7) is 8.85. The highest BCUT2D eigenvalue weighted by molar-refractivity contribution is 6.00. The lowest BCUT2D eigenvalue weighted by Gasteiger charge is -2.46. The molecule has 4 unspecified atom stereocenters. The first-order valence-corrected chi connectivity index (χ1v) is 12.9. The first-order chi connectivity index (χ1) is 15.9. The number of carbonyl (C=O) groups excluding carboxylic acids is 2. The number of carbonyl (C=O) groups is 2. The van der Waals surface area contributed by atoms with E-state index in [0.717, 1.165) is 31.6 Å². The van der Waals surface area contributed by atoms with Gasteiger partial charge < -0.3 is 9.80 Å². The van der Waals surface area contributed by atoms with Gasteiger partial charge in [0.2, 0.25) is 0 Å². The lowest BCUT2D eigenvalue weighted by molar-refractivity contribution is -0.138. The summed E-state index contributed by atoms with van der Waals surface area (Å²) in [6, 6.07) is 8.06. The molecule has 3 saturated heterocycles. The van der Waals surface area contributed by atoms with E-state index in [4.69, 9.17) is 0 Å². The molecular formula is C26H41N5O2. The van der Waals surface area contributed by atoms with Crippen LogP contribution in [0.25, 0.3) is 0 Å². The summed E-state index contributed by atoms with van der Waals surface area (Å²) in [4.78, 5) is 34.6. The summed E-state index contributed by atoms with van der Waals surface area (Å²) in [7, 11) is 1.83. The molecule has 0 aliphatic carbocycles. The third-order valence-electron chi connectivity index (χ3n) is 7.44. The molecule has 0 bridgehead atoms. The zero-order valence-corrected chi connectivity index (χ0v) is 20.8. The molecule has 4 atom stereocenters. The van der Waals surface area contributed by atoms with Gasteiger partial charge in [-0.25, -0.2) is 4.79 Å². The van der Waals surface area contributed by atoms with Gasteiger partial charge in [0.05, 0.1) is 0 Å². The van der Waals surface area contributed by atoms with Crippen LogP contribution in [0.2, 0.25) is 0 Å². The molecule has 0 aromatic heterocycles. The predicted molar refractivity (Wildman–Crippen MR) is 132 cm³/mol. The van der Waals surface area contributed by atoms with Crippen molar-refractivity contribution in [3.63, 3.8) is 0 Å². The normalized spacial score (nSPS) is 27.8. The maximum Gasteiger partial charge on any atom is 0.327 e. The number of hydrogen-bond acceptors (Lipinski definition) is 5. The molecule has 4 rings (SSSR count). The molecule has 3 fully saturated rings. The number of anilines is 1. The van der Waals surface area contributed by atoms with Crippen molar-refractivity contribution in [2.45, 2.75) is 84.2 Å². The van der Waals surface area contributed by atoms with Gasteiger partial charge in [-0.2, -0.15) is 0 Å². The average molecular weight is 456 g/mol. The monoisotopic (exact) mass is 455 g/mol. The molecule has 33 heavy (non-hydrogen) atoms.